The molecule has 1 heteroatoms. The Kier molecular flexibility index (Phi) is 7.89. The fourth-order valence-electron chi connectivity index (χ4n) is 12.7. The third-order valence-corrected chi connectivity index (χ3v) is 15.2. The van der Waals surface area contributed by atoms with Crippen molar-refractivity contribution in [2.45, 2.75) is 89.9 Å². The van der Waals surface area contributed by atoms with Crippen LogP contribution in [0.5, 0.6) is 0 Å². The van der Waals surface area contributed by atoms with E-state index >= 15 is 0 Å². The predicted molar refractivity (Wildman–Crippen MR) is 246 cm³/mol. The SMILES string of the molecule is CC1CC2CC(C)CC(c3ccc(-c4ccc5c(c4)C(C)(C)c4cc(N(c6ccc7c(c6)C(C)(C)c6ccccc6-7)c6ccc7ccccc7c6)ccc4-5)cc3)(C1)C2. The zero-order valence-electron chi connectivity index (χ0n) is 35.1. The van der Waals surface area contributed by atoms with E-state index in [9.17, 15) is 0 Å². The number of nitrogens with zero attached hydrogens (tertiary/aromatic N) is 1. The molecule has 288 valence electrons. The predicted octanol–water partition coefficient (Wildman–Crippen LogP) is 15.7. The smallest absolute Gasteiger partial charge is 0.0468 e. The molecule has 0 spiro atoms. The van der Waals surface area contributed by atoms with Crippen molar-refractivity contribution in [2.24, 2.45) is 17.8 Å². The summed E-state index contributed by atoms with van der Waals surface area (Å²) in [5.74, 6) is 2.54. The zero-order chi connectivity index (χ0) is 39.6. The van der Waals surface area contributed by atoms with Gasteiger partial charge in [0.05, 0.1) is 0 Å². The minimum atomic E-state index is -0.155. The number of rotatable bonds is 5. The van der Waals surface area contributed by atoms with Gasteiger partial charge >= 0.3 is 0 Å². The third-order valence-electron chi connectivity index (χ3n) is 15.2. The first-order valence-electron chi connectivity index (χ1n) is 21.9. The van der Waals surface area contributed by atoms with Crippen molar-refractivity contribution in [2.75, 3.05) is 4.90 Å². The minimum Gasteiger partial charge on any atom is -0.310 e. The van der Waals surface area contributed by atoms with Gasteiger partial charge in [0.2, 0.25) is 0 Å². The molecule has 58 heavy (non-hydrogen) atoms. The molecule has 2 fully saturated rings. The maximum Gasteiger partial charge on any atom is 0.0468 e. The molecule has 4 aliphatic rings. The molecule has 2 bridgehead atoms. The van der Waals surface area contributed by atoms with Crippen LogP contribution >= 0.6 is 0 Å². The van der Waals surface area contributed by atoms with Gasteiger partial charge in [-0.2, -0.15) is 0 Å². The molecule has 2 saturated carbocycles. The fourth-order valence-corrected chi connectivity index (χ4v) is 12.7. The van der Waals surface area contributed by atoms with Crippen LogP contribution in [-0.2, 0) is 16.2 Å². The molecule has 7 aromatic rings. The van der Waals surface area contributed by atoms with E-state index in [1.54, 1.807) is 5.56 Å². The summed E-state index contributed by atoms with van der Waals surface area (Å²) in [6.45, 7) is 14.6. The molecular weight excluding hydrogens is 699 g/mol. The molecule has 1 nitrogen and oxygen atoms in total. The van der Waals surface area contributed by atoms with Gasteiger partial charge in [0, 0.05) is 27.9 Å². The van der Waals surface area contributed by atoms with Crippen molar-refractivity contribution in [3.63, 3.8) is 0 Å². The van der Waals surface area contributed by atoms with Crippen LogP contribution < -0.4 is 4.90 Å². The van der Waals surface area contributed by atoms with Crippen LogP contribution in [0.25, 0.3) is 44.2 Å². The van der Waals surface area contributed by atoms with E-state index in [1.807, 2.05) is 0 Å². The second-order valence-electron chi connectivity index (χ2n) is 19.9. The Balaban J connectivity index is 0.973. The lowest BCUT2D eigenvalue weighted by Crippen LogP contribution is -2.42. The minimum absolute atomic E-state index is 0.0811. The van der Waals surface area contributed by atoms with Gasteiger partial charge in [-0.1, -0.05) is 145 Å². The zero-order valence-corrected chi connectivity index (χ0v) is 35.1. The molecule has 4 aliphatic carbocycles. The summed E-state index contributed by atoms with van der Waals surface area (Å²) in [6, 6.07) is 56.0. The summed E-state index contributed by atoms with van der Waals surface area (Å²) in [6.07, 6.45) is 6.91. The second-order valence-corrected chi connectivity index (χ2v) is 19.9. The van der Waals surface area contributed by atoms with Crippen molar-refractivity contribution in [1.82, 2.24) is 0 Å². The molecule has 2 unspecified atom stereocenters. The van der Waals surface area contributed by atoms with Crippen molar-refractivity contribution in [3.8, 4) is 33.4 Å². The van der Waals surface area contributed by atoms with Crippen LogP contribution in [0.3, 0.4) is 0 Å². The molecule has 0 radical (unpaired) electrons. The van der Waals surface area contributed by atoms with Gasteiger partial charge in [-0.3, -0.25) is 0 Å². The summed E-state index contributed by atoms with van der Waals surface area (Å²) in [4.78, 5) is 2.49. The van der Waals surface area contributed by atoms with Crippen LogP contribution in [0.15, 0.2) is 146 Å². The number of hydrogen-bond acceptors (Lipinski definition) is 1. The van der Waals surface area contributed by atoms with Crippen LogP contribution in [0.4, 0.5) is 17.1 Å². The lowest BCUT2D eigenvalue weighted by atomic mass is 9.54. The lowest BCUT2D eigenvalue weighted by molar-refractivity contribution is 0.0780. The van der Waals surface area contributed by atoms with E-state index in [2.05, 4.69) is 192 Å². The van der Waals surface area contributed by atoms with Gasteiger partial charge in [0.1, 0.15) is 0 Å². The van der Waals surface area contributed by atoms with Crippen LogP contribution in [0.2, 0.25) is 0 Å². The standard InChI is InChI=1S/C57H55N/c1-36-27-38-28-37(2)34-57(33-36,35-38)43-19-15-40(16-20-43)42-18-24-48-50-26-23-46(32-54(50)56(5,6)52(48)30-42)58(44-21-17-39-11-7-8-12-41(39)29-44)45-22-25-49-47-13-9-10-14-51(47)55(3,4)53(49)31-45/h7-26,29-32,36-38H,27-28,33-35H2,1-6H3. The van der Waals surface area contributed by atoms with Gasteiger partial charge < -0.3 is 4.90 Å². The molecule has 0 N–H and O–H groups in total. The van der Waals surface area contributed by atoms with E-state index in [0.29, 0.717) is 5.41 Å². The normalized spacial score (nSPS) is 23.2. The Morgan fingerprint density at radius 3 is 1.60 bits per heavy atom. The summed E-state index contributed by atoms with van der Waals surface area (Å²) < 4.78 is 0. The van der Waals surface area contributed by atoms with E-state index in [0.717, 1.165) is 17.8 Å². The van der Waals surface area contributed by atoms with Gasteiger partial charge in [0.25, 0.3) is 0 Å². The highest BCUT2D eigenvalue weighted by Crippen LogP contribution is 2.56. The number of fused-ring (bicyclic) bond motifs is 9. The summed E-state index contributed by atoms with van der Waals surface area (Å²) >= 11 is 0. The monoisotopic (exact) mass is 753 g/mol. The van der Waals surface area contributed by atoms with Crippen molar-refractivity contribution < 1.29 is 0 Å². The average Bonchev–Trinajstić information content (AvgIpc) is 3.59. The Hall–Kier alpha value is -5.40. The molecule has 11 rings (SSSR count). The van der Waals surface area contributed by atoms with Crippen LogP contribution in [0, 0.1) is 17.8 Å². The van der Waals surface area contributed by atoms with Gasteiger partial charge in [-0.25, -0.2) is 0 Å². The van der Waals surface area contributed by atoms with Crippen LogP contribution in [0.1, 0.15) is 101 Å². The van der Waals surface area contributed by atoms with Crippen LogP contribution in [-0.4, -0.2) is 0 Å². The largest absolute Gasteiger partial charge is 0.310 e. The van der Waals surface area contributed by atoms with Gasteiger partial charge in [0.15, 0.2) is 0 Å². The molecule has 0 heterocycles. The first-order valence-corrected chi connectivity index (χ1v) is 21.9. The molecule has 0 aliphatic heterocycles. The van der Waals surface area contributed by atoms with Crippen molar-refractivity contribution in [3.05, 3.63) is 173 Å². The number of hydrogen-bond donors (Lipinski definition) is 0. The molecule has 2 atom stereocenters. The maximum atomic E-state index is 2.49. The molecule has 0 aromatic heterocycles. The van der Waals surface area contributed by atoms with Crippen molar-refractivity contribution >= 4 is 27.8 Å². The van der Waals surface area contributed by atoms with E-state index < -0.39 is 0 Å². The first kappa shape index (κ1) is 35.7. The number of benzene rings is 7. The highest BCUT2D eigenvalue weighted by atomic mass is 15.1. The average molecular weight is 754 g/mol. The summed E-state index contributed by atoms with van der Waals surface area (Å²) in [5, 5.41) is 2.51. The summed E-state index contributed by atoms with van der Waals surface area (Å²) in [5.41, 5.74) is 18.9. The molecular formula is C57H55N. The van der Waals surface area contributed by atoms with E-state index in [1.165, 1.54) is 116 Å². The van der Waals surface area contributed by atoms with Gasteiger partial charge in [-0.15, -0.1) is 0 Å². The molecule has 0 amide bonds. The Morgan fingerprint density at radius 1 is 0.431 bits per heavy atom. The maximum absolute atomic E-state index is 2.49. The summed E-state index contributed by atoms with van der Waals surface area (Å²) in [7, 11) is 0. The fraction of sp³-hybridized carbons (Fsp3) is 0.298. The van der Waals surface area contributed by atoms with E-state index in [-0.39, 0.29) is 10.8 Å². The number of anilines is 3. The molecule has 0 saturated heterocycles. The third kappa shape index (κ3) is 5.42. The topological polar surface area (TPSA) is 3.24 Å². The van der Waals surface area contributed by atoms with Gasteiger partial charge in [-0.05, 0) is 170 Å². The Labute approximate surface area is 345 Å². The first-order chi connectivity index (χ1) is 28.0. The lowest BCUT2D eigenvalue weighted by Gasteiger charge is -2.50. The quantitative estimate of drug-likeness (QED) is 0.169. The highest BCUT2D eigenvalue weighted by Gasteiger charge is 2.45. The Morgan fingerprint density at radius 2 is 0.931 bits per heavy atom. The highest BCUT2D eigenvalue weighted by molar-refractivity contribution is 5.92. The van der Waals surface area contributed by atoms with E-state index in [4.69, 9.17) is 0 Å². The van der Waals surface area contributed by atoms with Crippen molar-refractivity contribution in [1.29, 1.82) is 0 Å². The Bertz CT molecular complexity index is 2740. The second kappa shape index (κ2) is 12.8. The molecule has 7 aromatic carbocycles.